The van der Waals surface area contributed by atoms with Gasteiger partial charge in [-0.3, -0.25) is 4.98 Å². The van der Waals surface area contributed by atoms with E-state index in [9.17, 15) is 4.79 Å². The van der Waals surface area contributed by atoms with E-state index in [0.29, 0.717) is 5.56 Å². The molecular formula is C9H8BrN3O2. The fourth-order valence-electron chi connectivity index (χ4n) is 1.20. The van der Waals surface area contributed by atoms with Crippen LogP contribution in [0.4, 0.5) is 0 Å². The zero-order chi connectivity index (χ0) is 10.8. The highest BCUT2D eigenvalue weighted by Gasteiger charge is 2.08. The third kappa shape index (κ3) is 1.99. The van der Waals surface area contributed by atoms with Crippen molar-refractivity contribution in [2.24, 2.45) is 0 Å². The molecule has 0 amide bonds. The van der Waals surface area contributed by atoms with Gasteiger partial charge in [-0.05, 0) is 28.4 Å². The number of nitrogens with one attached hydrogen (secondary N) is 1. The molecule has 2 heterocycles. The third-order valence-electron chi connectivity index (χ3n) is 1.94. The maximum atomic E-state index is 10.8. The molecule has 2 aromatic rings. The Morgan fingerprint density at radius 1 is 1.60 bits per heavy atom. The van der Waals surface area contributed by atoms with Crippen molar-refractivity contribution in [3.05, 3.63) is 33.0 Å². The highest BCUT2D eigenvalue weighted by Crippen LogP contribution is 2.22. The van der Waals surface area contributed by atoms with Crippen LogP contribution in [-0.4, -0.2) is 15.2 Å². The first-order valence-corrected chi connectivity index (χ1v) is 5.20. The molecular weight excluding hydrogens is 262 g/mol. The third-order valence-corrected chi connectivity index (χ3v) is 2.62. The van der Waals surface area contributed by atoms with Crippen molar-refractivity contribution in [2.75, 3.05) is 0 Å². The van der Waals surface area contributed by atoms with Crippen molar-refractivity contribution < 1.29 is 4.42 Å². The first-order valence-electron chi connectivity index (χ1n) is 4.41. The molecule has 2 rings (SSSR count). The van der Waals surface area contributed by atoms with Crippen LogP contribution in [0.1, 0.15) is 12.6 Å². The van der Waals surface area contributed by atoms with E-state index in [1.54, 1.807) is 6.20 Å². The molecule has 0 fully saturated rings. The topological polar surface area (TPSA) is 71.8 Å². The first-order chi connectivity index (χ1) is 7.20. The van der Waals surface area contributed by atoms with Crippen molar-refractivity contribution in [2.45, 2.75) is 13.3 Å². The number of rotatable bonds is 2. The standard InChI is InChI=1S/C9H8BrN3O2/c1-2-7-6(10)3-5(4-11-7)8-12-13-9(14)15-8/h3-4H,2H2,1H3,(H,13,14). The van der Waals surface area contributed by atoms with Gasteiger partial charge in [0.1, 0.15) is 0 Å². The Balaban J connectivity index is 2.46. The van der Waals surface area contributed by atoms with Crippen molar-refractivity contribution in [3.63, 3.8) is 0 Å². The molecule has 0 spiro atoms. The van der Waals surface area contributed by atoms with Crippen LogP contribution in [0.25, 0.3) is 11.5 Å². The molecule has 0 aromatic carbocycles. The predicted molar refractivity (Wildman–Crippen MR) is 57.4 cm³/mol. The van der Waals surface area contributed by atoms with Crippen LogP contribution in [0.2, 0.25) is 0 Å². The smallest absolute Gasteiger partial charge is 0.388 e. The Labute approximate surface area is 93.7 Å². The van der Waals surface area contributed by atoms with E-state index in [4.69, 9.17) is 4.42 Å². The predicted octanol–water partition coefficient (Wildman–Crippen LogP) is 1.75. The summed E-state index contributed by atoms with van der Waals surface area (Å²) in [6.07, 6.45) is 2.47. The second-order valence-corrected chi connectivity index (χ2v) is 3.78. The second kappa shape index (κ2) is 3.98. The first kappa shape index (κ1) is 10.1. The summed E-state index contributed by atoms with van der Waals surface area (Å²) in [6, 6.07) is 1.82. The molecule has 1 N–H and O–H groups in total. The van der Waals surface area contributed by atoms with Crippen molar-refractivity contribution in [1.82, 2.24) is 15.2 Å². The molecule has 15 heavy (non-hydrogen) atoms. The fourth-order valence-corrected chi connectivity index (χ4v) is 1.83. The van der Waals surface area contributed by atoms with E-state index in [0.717, 1.165) is 16.6 Å². The summed E-state index contributed by atoms with van der Waals surface area (Å²) < 4.78 is 5.70. The second-order valence-electron chi connectivity index (χ2n) is 2.92. The zero-order valence-electron chi connectivity index (χ0n) is 7.95. The summed E-state index contributed by atoms with van der Waals surface area (Å²) in [5.41, 5.74) is 1.62. The van der Waals surface area contributed by atoms with Gasteiger partial charge in [0, 0.05) is 10.7 Å². The van der Waals surface area contributed by atoms with E-state index >= 15 is 0 Å². The lowest BCUT2D eigenvalue weighted by atomic mass is 10.2. The van der Waals surface area contributed by atoms with Gasteiger partial charge in [0.2, 0.25) is 0 Å². The summed E-state index contributed by atoms with van der Waals surface area (Å²) in [6.45, 7) is 2.02. The van der Waals surface area contributed by atoms with Crippen LogP contribution in [0, 0.1) is 0 Å². The molecule has 0 atom stereocenters. The SMILES string of the molecule is CCc1ncc(-c2n[nH]c(=O)o2)cc1Br. The maximum absolute atomic E-state index is 10.8. The summed E-state index contributed by atoms with van der Waals surface area (Å²) in [5.74, 6) is -0.323. The maximum Gasteiger partial charge on any atom is 0.434 e. The average molecular weight is 270 g/mol. The molecule has 0 unspecified atom stereocenters. The fraction of sp³-hybridized carbons (Fsp3) is 0.222. The molecule has 0 bridgehead atoms. The van der Waals surface area contributed by atoms with Crippen molar-refractivity contribution in [1.29, 1.82) is 0 Å². The summed E-state index contributed by atoms with van der Waals surface area (Å²) in [4.78, 5) is 15.0. The van der Waals surface area contributed by atoms with Gasteiger partial charge in [-0.2, -0.15) is 0 Å². The highest BCUT2D eigenvalue weighted by atomic mass is 79.9. The lowest BCUT2D eigenvalue weighted by molar-refractivity contribution is 0.526. The number of hydrogen-bond donors (Lipinski definition) is 1. The number of pyridine rings is 1. The molecule has 2 aromatic heterocycles. The molecule has 78 valence electrons. The van der Waals surface area contributed by atoms with E-state index in [1.165, 1.54) is 0 Å². The Hall–Kier alpha value is -1.43. The minimum Gasteiger partial charge on any atom is -0.388 e. The van der Waals surface area contributed by atoms with Crippen LogP contribution >= 0.6 is 15.9 Å². The number of halogens is 1. The monoisotopic (exact) mass is 269 g/mol. The number of aromatic amines is 1. The molecule has 6 heteroatoms. The normalized spacial score (nSPS) is 10.5. The Kier molecular flexibility index (Phi) is 2.68. The summed E-state index contributed by atoms with van der Waals surface area (Å²) >= 11 is 3.39. The van der Waals surface area contributed by atoms with Crippen LogP contribution in [0.5, 0.6) is 0 Å². The van der Waals surface area contributed by atoms with Gasteiger partial charge in [0.15, 0.2) is 0 Å². The van der Waals surface area contributed by atoms with Crippen LogP contribution < -0.4 is 5.76 Å². The number of aryl methyl sites for hydroxylation is 1. The van der Waals surface area contributed by atoms with E-state index in [2.05, 4.69) is 31.1 Å². The number of H-pyrrole nitrogens is 1. The zero-order valence-corrected chi connectivity index (χ0v) is 9.54. The van der Waals surface area contributed by atoms with Gasteiger partial charge in [0.05, 0.1) is 11.3 Å². The average Bonchev–Trinajstić information content (AvgIpc) is 2.65. The van der Waals surface area contributed by atoms with Crippen LogP contribution in [0.15, 0.2) is 25.9 Å². The van der Waals surface area contributed by atoms with Gasteiger partial charge >= 0.3 is 5.76 Å². The van der Waals surface area contributed by atoms with Crippen LogP contribution in [0.3, 0.4) is 0 Å². The highest BCUT2D eigenvalue weighted by molar-refractivity contribution is 9.10. The van der Waals surface area contributed by atoms with Gasteiger partial charge in [-0.1, -0.05) is 6.92 Å². The largest absolute Gasteiger partial charge is 0.434 e. The number of nitrogens with zero attached hydrogens (tertiary/aromatic N) is 2. The molecule has 0 aliphatic rings. The van der Waals surface area contributed by atoms with Gasteiger partial charge in [0.25, 0.3) is 5.89 Å². The Morgan fingerprint density at radius 2 is 2.40 bits per heavy atom. The Bertz CT molecular complexity index is 532. The van der Waals surface area contributed by atoms with E-state index < -0.39 is 5.76 Å². The molecule has 0 saturated heterocycles. The minimum atomic E-state index is -0.569. The lowest BCUT2D eigenvalue weighted by Gasteiger charge is -2.00. The summed E-state index contributed by atoms with van der Waals surface area (Å²) in [5, 5.41) is 5.92. The quantitative estimate of drug-likeness (QED) is 0.902. The molecule has 0 aliphatic heterocycles. The Morgan fingerprint density at radius 3 is 2.93 bits per heavy atom. The summed E-state index contributed by atoms with van der Waals surface area (Å²) in [7, 11) is 0. The van der Waals surface area contributed by atoms with Gasteiger partial charge in [-0.25, -0.2) is 9.89 Å². The van der Waals surface area contributed by atoms with Gasteiger partial charge < -0.3 is 4.42 Å². The molecule has 5 nitrogen and oxygen atoms in total. The van der Waals surface area contributed by atoms with E-state index in [-0.39, 0.29) is 5.89 Å². The van der Waals surface area contributed by atoms with Gasteiger partial charge in [-0.15, -0.1) is 5.10 Å². The molecule has 0 aliphatic carbocycles. The van der Waals surface area contributed by atoms with E-state index in [1.807, 2.05) is 13.0 Å². The number of aromatic nitrogens is 3. The number of hydrogen-bond acceptors (Lipinski definition) is 4. The van der Waals surface area contributed by atoms with Crippen molar-refractivity contribution >= 4 is 15.9 Å². The molecule has 0 saturated carbocycles. The lowest BCUT2D eigenvalue weighted by Crippen LogP contribution is -1.93. The van der Waals surface area contributed by atoms with Crippen LogP contribution in [-0.2, 0) is 6.42 Å². The van der Waals surface area contributed by atoms with Crippen molar-refractivity contribution in [3.8, 4) is 11.5 Å². The minimum absolute atomic E-state index is 0.246. The molecule has 0 radical (unpaired) electrons.